The van der Waals surface area contributed by atoms with E-state index in [4.69, 9.17) is 0 Å². The molecule has 0 aliphatic rings. The summed E-state index contributed by atoms with van der Waals surface area (Å²) in [6.07, 6.45) is 2.40. The van der Waals surface area contributed by atoms with E-state index in [1.54, 1.807) is 18.3 Å². The van der Waals surface area contributed by atoms with Crippen LogP contribution in [0.5, 0.6) is 0 Å². The molecule has 1 heterocycles. The highest BCUT2D eigenvalue weighted by Crippen LogP contribution is 2.31. The number of aromatic nitrogens is 1. The van der Waals surface area contributed by atoms with Crippen LogP contribution in [0.15, 0.2) is 47.1 Å². The summed E-state index contributed by atoms with van der Waals surface area (Å²) in [6.45, 7) is 0. The maximum Gasteiger partial charge on any atom is 0.141 e. The second kappa shape index (κ2) is 5.74. The molecule has 0 spiro atoms. The lowest BCUT2D eigenvalue weighted by Crippen LogP contribution is -2.00. The number of halogens is 3. The summed E-state index contributed by atoms with van der Waals surface area (Å²) in [7, 11) is 0. The van der Waals surface area contributed by atoms with Crippen LogP contribution in [0.1, 0.15) is 16.1 Å². The minimum atomic E-state index is -0.217. The predicted molar refractivity (Wildman–Crippen MR) is 73.7 cm³/mol. The molecule has 17 heavy (non-hydrogen) atoms. The molecule has 88 valence electrons. The van der Waals surface area contributed by atoms with Gasteiger partial charge in [-0.2, -0.15) is 0 Å². The summed E-state index contributed by atoms with van der Waals surface area (Å²) >= 11 is 6.70. The minimum Gasteiger partial charge on any atom is -0.261 e. The fourth-order valence-electron chi connectivity index (χ4n) is 1.57. The minimum absolute atomic E-state index is 0.0742. The maximum absolute atomic E-state index is 13.9. The van der Waals surface area contributed by atoms with Crippen LogP contribution in [0.3, 0.4) is 0 Å². The molecule has 1 aromatic heterocycles. The molecule has 0 aliphatic carbocycles. The Kier molecular flexibility index (Phi) is 4.29. The Balaban J connectivity index is 2.20. The van der Waals surface area contributed by atoms with E-state index in [-0.39, 0.29) is 10.6 Å². The Morgan fingerprint density at radius 1 is 1.18 bits per heavy atom. The lowest BCUT2D eigenvalue weighted by molar-refractivity contribution is 0.601. The molecule has 0 amide bonds. The Bertz CT molecular complexity index is 502. The smallest absolute Gasteiger partial charge is 0.141 e. The fraction of sp³-hybridized carbons (Fsp3) is 0.154. The van der Waals surface area contributed by atoms with E-state index >= 15 is 0 Å². The topological polar surface area (TPSA) is 12.9 Å². The molecule has 4 heteroatoms. The van der Waals surface area contributed by atoms with Crippen LogP contribution in [0.2, 0.25) is 0 Å². The van der Waals surface area contributed by atoms with Gasteiger partial charge in [0, 0.05) is 28.7 Å². The van der Waals surface area contributed by atoms with Gasteiger partial charge in [0.15, 0.2) is 0 Å². The van der Waals surface area contributed by atoms with Crippen LogP contribution in [-0.2, 0) is 6.42 Å². The van der Waals surface area contributed by atoms with Gasteiger partial charge in [0.2, 0.25) is 0 Å². The van der Waals surface area contributed by atoms with Crippen LogP contribution in [-0.4, -0.2) is 4.98 Å². The summed E-state index contributed by atoms with van der Waals surface area (Å²) in [4.78, 5) is 4.16. The van der Waals surface area contributed by atoms with Crippen LogP contribution in [0.25, 0.3) is 0 Å². The van der Waals surface area contributed by atoms with Crippen molar-refractivity contribution in [3.8, 4) is 0 Å². The van der Waals surface area contributed by atoms with Gasteiger partial charge in [0.1, 0.15) is 5.82 Å². The van der Waals surface area contributed by atoms with Gasteiger partial charge in [0.05, 0.1) is 4.47 Å². The maximum atomic E-state index is 13.9. The molecule has 1 unspecified atom stereocenters. The first kappa shape index (κ1) is 12.7. The van der Waals surface area contributed by atoms with Gasteiger partial charge in [-0.15, -0.1) is 0 Å². The highest BCUT2D eigenvalue weighted by molar-refractivity contribution is 9.10. The van der Waals surface area contributed by atoms with Crippen LogP contribution in [0.4, 0.5) is 4.39 Å². The molecule has 0 aliphatic heterocycles. The van der Waals surface area contributed by atoms with Gasteiger partial charge < -0.3 is 0 Å². The van der Waals surface area contributed by atoms with E-state index < -0.39 is 0 Å². The summed E-state index contributed by atoms with van der Waals surface area (Å²) in [6, 6.07) is 11.0. The fourth-order valence-corrected chi connectivity index (χ4v) is 2.64. The number of alkyl halides is 1. The normalized spacial score (nSPS) is 12.4. The van der Waals surface area contributed by atoms with Gasteiger partial charge in [-0.1, -0.05) is 34.1 Å². The average Bonchev–Trinajstić information content (AvgIpc) is 2.34. The van der Waals surface area contributed by atoms with Crippen molar-refractivity contribution in [3.63, 3.8) is 0 Å². The number of benzene rings is 1. The first-order chi connectivity index (χ1) is 8.18. The third kappa shape index (κ3) is 3.13. The molecule has 0 bridgehead atoms. The Morgan fingerprint density at radius 3 is 2.71 bits per heavy atom. The molecule has 0 fully saturated rings. The molecule has 1 aromatic carbocycles. The summed E-state index contributed by atoms with van der Waals surface area (Å²) in [5.41, 5.74) is 1.58. The molecule has 2 aromatic rings. The van der Waals surface area contributed by atoms with Gasteiger partial charge in [-0.3, -0.25) is 4.98 Å². The van der Waals surface area contributed by atoms with Gasteiger partial charge in [0.25, 0.3) is 0 Å². The SMILES string of the molecule is Fc1c(Br)cccc1C(Br)Cc1ccccn1. The van der Waals surface area contributed by atoms with Crippen LogP contribution >= 0.6 is 31.9 Å². The molecule has 0 radical (unpaired) electrons. The Morgan fingerprint density at radius 2 is 2.00 bits per heavy atom. The lowest BCUT2D eigenvalue weighted by atomic mass is 10.1. The molecule has 1 nitrogen and oxygen atoms in total. The molecule has 0 N–H and O–H groups in total. The van der Waals surface area contributed by atoms with Crippen molar-refractivity contribution in [2.75, 3.05) is 0 Å². The zero-order chi connectivity index (χ0) is 12.3. The van der Waals surface area contributed by atoms with E-state index in [2.05, 4.69) is 36.8 Å². The highest BCUT2D eigenvalue weighted by atomic mass is 79.9. The van der Waals surface area contributed by atoms with Crippen molar-refractivity contribution < 1.29 is 4.39 Å². The molecular formula is C13H10Br2FN. The van der Waals surface area contributed by atoms with Crippen molar-refractivity contribution in [2.24, 2.45) is 0 Å². The van der Waals surface area contributed by atoms with Crippen LogP contribution in [0, 0.1) is 5.82 Å². The van der Waals surface area contributed by atoms with Crippen molar-refractivity contribution in [1.82, 2.24) is 4.98 Å². The van der Waals surface area contributed by atoms with Gasteiger partial charge in [-0.05, 0) is 34.1 Å². The standard InChI is InChI=1S/C13H10Br2FN/c14-11-6-3-5-10(13(11)16)12(15)8-9-4-1-2-7-17-9/h1-7,12H,8H2. The van der Waals surface area contributed by atoms with E-state index in [0.717, 1.165) is 5.69 Å². The highest BCUT2D eigenvalue weighted by Gasteiger charge is 2.15. The third-order valence-corrected chi connectivity index (χ3v) is 3.86. The van der Waals surface area contributed by atoms with E-state index in [1.165, 1.54) is 0 Å². The zero-order valence-corrected chi connectivity index (χ0v) is 12.1. The van der Waals surface area contributed by atoms with Crippen LogP contribution < -0.4 is 0 Å². The molecule has 1 atom stereocenters. The number of rotatable bonds is 3. The Labute approximate surface area is 116 Å². The first-order valence-corrected chi connectivity index (χ1v) is 6.87. The summed E-state index contributed by atoms with van der Waals surface area (Å²) < 4.78 is 14.3. The van der Waals surface area contributed by atoms with E-state index in [1.807, 2.05) is 24.3 Å². The van der Waals surface area contributed by atoms with E-state index in [9.17, 15) is 4.39 Å². The number of nitrogens with zero attached hydrogens (tertiary/aromatic N) is 1. The third-order valence-electron chi connectivity index (χ3n) is 2.43. The first-order valence-electron chi connectivity index (χ1n) is 5.16. The van der Waals surface area contributed by atoms with E-state index in [0.29, 0.717) is 16.5 Å². The molecular weight excluding hydrogens is 349 g/mol. The van der Waals surface area contributed by atoms with Crippen molar-refractivity contribution >= 4 is 31.9 Å². The molecule has 0 saturated heterocycles. The van der Waals surface area contributed by atoms with Crippen molar-refractivity contribution in [3.05, 3.63) is 64.1 Å². The largest absolute Gasteiger partial charge is 0.261 e. The quantitative estimate of drug-likeness (QED) is 0.727. The lowest BCUT2D eigenvalue weighted by Gasteiger charge is -2.11. The zero-order valence-electron chi connectivity index (χ0n) is 8.91. The second-order valence-corrected chi connectivity index (χ2v) is 5.60. The number of hydrogen-bond donors (Lipinski definition) is 0. The summed E-state index contributed by atoms with van der Waals surface area (Å²) in [5, 5.41) is 0. The summed E-state index contributed by atoms with van der Waals surface area (Å²) in [5.74, 6) is -0.217. The number of pyridine rings is 1. The van der Waals surface area contributed by atoms with Gasteiger partial charge >= 0.3 is 0 Å². The van der Waals surface area contributed by atoms with Crippen molar-refractivity contribution in [2.45, 2.75) is 11.2 Å². The van der Waals surface area contributed by atoms with Gasteiger partial charge in [-0.25, -0.2) is 4.39 Å². The van der Waals surface area contributed by atoms with Crippen molar-refractivity contribution in [1.29, 1.82) is 0 Å². The predicted octanol–water partition coefficient (Wildman–Crippen LogP) is 4.66. The second-order valence-electron chi connectivity index (χ2n) is 3.64. The Hall–Kier alpha value is -0.740. The average molecular weight is 359 g/mol. The molecule has 2 rings (SSSR count). The molecule has 0 saturated carbocycles. The number of hydrogen-bond acceptors (Lipinski definition) is 1. The monoisotopic (exact) mass is 357 g/mol.